The summed E-state index contributed by atoms with van der Waals surface area (Å²) in [5, 5.41) is 3.90. The van der Waals surface area contributed by atoms with Crippen molar-refractivity contribution in [3.8, 4) is 22.7 Å². The third kappa shape index (κ3) is 5.56. The standard InChI is InChI=1S/C25H26N6O5S/c26-23(32)15-36-20-3-1-2-19(13-20)31-14-17-12-22(28-24(17)29-25(31)33)16-4-6-21(7-5-16)37(34,35)30-18-8-10-27-11-9-18/h1-7,12-14,18,27,30H,8-11,15H2,(H2,26,32)(H,28,29,33). The van der Waals surface area contributed by atoms with Crippen LogP contribution in [0.15, 0.2) is 70.5 Å². The third-order valence-electron chi connectivity index (χ3n) is 6.12. The van der Waals surface area contributed by atoms with E-state index in [1.807, 2.05) is 6.07 Å². The lowest BCUT2D eigenvalue weighted by molar-refractivity contribution is -0.119. The number of aromatic amines is 1. The van der Waals surface area contributed by atoms with Crippen LogP contribution in [0, 0.1) is 0 Å². The number of amides is 1. The van der Waals surface area contributed by atoms with E-state index in [1.54, 1.807) is 54.7 Å². The fourth-order valence-electron chi connectivity index (χ4n) is 4.25. The van der Waals surface area contributed by atoms with Crippen LogP contribution in [0.1, 0.15) is 12.8 Å². The van der Waals surface area contributed by atoms with Crippen molar-refractivity contribution in [2.24, 2.45) is 5.73 Å². The number of H-pyrrole nitrogens is 1. The molecule has 1 amide bonds. The number of sulfonamides is 1. The number of nitrogens with one attached hydrogen (secondary N) is 3. The molecule has 11 nitrogen and oxygen atoms in total. The van der Waals surface area contributed by atoms with Crippen LogP contribution in [0.4, 0.5) is 0 Å². The van der Waals surface area contributed by atoms with Crippen LogP contribution in [-0.2, 0) is 14.8 Å². The molecule has 0 radical (unpaired) electrons. The highest BCUT2D eigenvalue weighted by molar-refractivity contribution is 7.89. The molecule has 0 bridgehead atoms. The van der Waals surface area contributed by atoms with Crippen LogP contribution in [0.5, 0.6) is 5.75 Å². The number of aromatic nitrogens is 3. The van der Waals surface area contributed by atoms with Gasteiger partial charge in [0.1, 0.15) is 11.4 Å². The number of benzene rings is 2. The second-order valence-electron chi connectivity index (χ2n) is 8.80. The number of fused-ring (bicyclic) bond motifs is 1. The molecule has 192 valence electrons. The van der Waals surface area contributed by atoms with Gasteiger partial charge in [-0.25, -0.2) is 17.9 Å². The topological polar surface area (TPSA) is 161 Å². The number of hydrogen-bond donors (Lipinski definition) is 4. The van der Waals surface area contributed by atoms with Gasteiger partial charge in [-0.15, -0.1) is 0 Å². The summed E-state index contributed by atoms with van der Waals surface area (Å²) in [4.78, 5) is 31.2. The molecule has 5 N–H and O–H groups in total. The summed E-state index contributed by atoms with van der Waals surface area (Å²) in [5.74, 6) is -0.211. The predicted molar refractivity (Wildman–Crippen MR) is 138 cm³/mol. The van der Waals surface area contributed by atoms with Crippen molar-refractivity contribution in [3.05, 3.63) is 71.3 Å². The molecule has 12 heteroatoms. The first-order valence-electron chi connectivity index (χ1n) is 11.8. The van der Waals surface area contributed by atoms with E-state index in [-0.39, 0.29) is 17.5 Å². The average Bonchev–Trinajstić information content (AvgIpc) is 3.30. The fourth-order valence-corrected chi connectivity index (χ4v) is 5.56. The molecule has 0 atom stereocenters. The summed E-state index contributed by atoms with van der Waals surface area (Å²) in [6.07, 6.45) is 3.16. The van der Waals surface area contributed by atoms with E-state index in [0.29, 0.717) is 28.2 Å². The predicted octanol–water partition coefficient (Wildman–Crippen LogP) is 1.28. The van der Waals surface area contributed by atoms with Crippen molar-refractivity contribution < 1.29 is 17.9 Å². The lowest BCUT2D eigenvalue weighted by atomic mass is 10.1. The van der Waals surface area contributed by atoms with Crippen LogP contribution in [0.25, 0.3) is 28.0 Å². The summed E-state index contributed by atoms with van der Waals surface area (Å²) in [6, 6.07) is 15.0. The van der Waals surface area contributed by atoms with Crippen LogP contribution in [-0.4, -0.2) is 54.6 Å². The molecule has 1 aliphatic rings. The van der Waals surface area contributed by atoms with Crippen LogP contribution >= 0.6 is 0 Å². The number of primary amides is 1. The molecule has 1 fully saturated rings. The first-order valence-corrected chi connectivity index (χ1v) is 13.2. The van der Waals surface area contributed by atoms with Crippen molar-refractivity contribution in [2.75, 3.05) is 19.7 Å². The zero-order valence-electron chi connectivity index (χ0n) is 19.8. The third-order valence-corrected chi connectivity index (χ3v) is 7.66. The van der Waals surface area contributed by atoms with Gasteiger partial charge in [0.15, 0.2) is 6.61 Å². The Hall–Kier alpha value is -4.00. The Morgan fingerprint density at radius 1 is 1.14 bits per heavy atom. The number of piperidine rings is 1. The number of rotatable bonds is 8. The van der Waals surface area contributed by atoms with Gasteiger partial charge in [-0.1, -0.05) is 18.2 Å². The lowest BCUT2D eigenvalue weighted by Crippen LogP contribution is -2.42. The number of carbonyl (C=O) groups excluding carboxylic acids is 1. The monoisotopic (exact) mass is 522 g/mol. The molecule has 3 heterocycles. The van der Waals surface area contributed by atoms with Gasteiger partial charge in [-0.05, 0) is 61.8 Å². The van der Waals surface area contributed by atoms with Crippen LogP contribution in [0.2, 0.25) is 0 Å². The molecule has 2 aromatic heterocycles. The maximum atomic E-state index is 12.8. The second-order valence-corrected chi connectivity index (χ2v) is 10.5. The Balaban J connectivity index is 1.39. The van der Waals surface area contributed by atoms with E-state index in [9.17, 15) is 18.0 Å². The Kier molecular flexibility index (Phi) is 6.78. The van der Waals surface area contributed by atoms with Crippen molar-refractivity contribution in [1.82, 2.24) is 24.6 Å². The van der Waals surface area contributed by atoms with Gasteiger partial charge >= 0.3 is 5.69 Å². The molecule has 0 aliphatic carbocycles. The Labute approximate surface area is 212 Å². The molecule has 4 aromatic rings. The van der Waals surface area contributed by atoms with Crippen LogP contribution in [0.3, 0.4) is 0 Å². The van der Waals surface area contributed by atoms with Gasteiger partial charge in [-0.2, -0.15) is 4.98 Å². The van der Waals surface area contributed by atoms with E-state index in [4.69, 9.17) is 10.5 Å². The number of carbonyl (C=O) groups is 1. The molecule has 0 unspecified atom stereocenters. The van der Waals surface area contributed by atoms with Crippen molar-refractivity contribution in [1.29, 1.82) is 0 Å². The smallest absolute Gasteiger partial charge is 0.354 e. The Morgan fingerprint density at radius 2 is 1.89 bits per heavy atom. The summed E-state index contributed by atoms with van der Waals surface area (Å²) in [5.41, 5.74) is 6.98. The molecule has 1 saturated heterocycles. The summed E-state index contributed by atoms with van der Waals surface area (Å²) in [6.45, 7) is 1.31. The summed E-state index contributed by atoms with van der Waals surface area (Å²) >= 11 is 0. The van der Waals surface area contributed by atoms with Crippen molar-refractivity contribution in [2.45, 2.75) is 23.8 Å². The van der Waals surface area contributed by atoms with Crippen molar-refractivity contribution >= 4 is 27.0 Å². The quantitative estimate of drug-likeness (QED) is 0.271. The zero-order chi connectivity index (χ0) is 26.0. The molecular formula is C25H26N6O5S. The Morgan fingerprint density at radius 3 is 2.62 bits per heavy atom. The molecule has 1 aliphatic heterocycles. The zero-order valence-corrected chi connectivity index (χ0v) is 20.6. The minimum atomic E-state index is -3.62. The van der Waals surface area contributed by atoms with E-state index >= 15 is 0 Å². The minimum absolute atomic E-state index is 0.0749. The molecule has 37 heavy (non-hydrogen) atoms. The molecule has 0 spiro atoms. The lowest BCUT2D eigenvalue weighted by Gasteiger charge is -2.23. The summed E-state index contributed by atoms with van der Waals surface area (Å²) < 4.78 is 35.0. The molecule has 2 aromatic carbocycles. The minimum Gasteiger partial charge on any atom is -0.484 e. The van der Waals surface area contributed by atoms with Gasteiger partial charge in [0.25, 0.3) is 5.91 Å². The van der Waals surface area contributed by atoms with E-state index in [2.05, 4.69) is 20.0 Å². The molecular weight excluding hydrogens is 496 g/mol. The van der Waals surface area contributed by atoms with Gasteiger partial charge in [-0.3, -0.25) is 9.36 Å². The maximum absolute atomic E-state index is 12.8. The van der Waals surface area contributed by atoms with Crippen molar-refractivity contribution in [3.63, 3.8) is 0 Å². The highest BCUT2D eigenvalue weighted by atomic mass is 32.2. The number of nitrogens with zero attached hydrogens (tertiary/aromatic N) is 2. The highest BCUT2D eigenvalue weighted by Crippen LogP contribution is 2.25. The van der Waals surface area contributed by atoms with E-state index < -0.39 is 21.6 Å². The maximum Gasteiger partial charge on any atom is 0.354 e. The molecule has 5 rings (SSSR count). The average molecular weight is 523 g/mol. The highest BCUT2D eigenvalue weighted by Gasteiger charge is 2.21. The SMILES string of the molecule is NC(=O)COc1cccc(-n2cc3cc(-c4ccc(S(=O)(=O)NC5CCNCC5)cc4)[nH]c3nc2=O)c1. The van der Waals surface area contributed by atoms with Gasteiger partial charge in [0.05, 0.1) is 10.6 Å². The normalized spacial score (nSPS) is 14.6. The molecule has 0 saturated carbocycles. The Bertz CT molecular complexity index is 1600. The fraction of sp³-hybridized carbons (Fsp3) is 0.240. The van der Waals surface area contributed by atoms with E-state index in [0.717, 1.165) is 31.5 Å². The van der Waals surface area contributed by atoms with Crippen LogP contribution < -0.4 is 26.2 Å². The van der Waals surface area contributed by atoms with Gasteiger partial charge in [0, 0.05) is 29.4 Å². The van der Waals surface area contributed by atoms with E-state index in [1.165, 1.54) is 4.57 Å². The first kappa shape index (κ1) is 24.7. The van der Waals surface area contributed by atoms with Gasteiger partial charge < -0.3 is 20.8 Å². The summed E-state index contributed by atoms with van der Waals surface area (Å²) in [7, 11) is -3.62. The van der Waals surface area contributed by atoms with Gasteiger partial charge in [0.2, 0.25) is 10.0 Å². The first-order chi connectivity index (χ1) is 17.8. The second kappa shape index (κ2) is 10.2. The number of hydrogen-bond acceptors (Lipinski definition) is 7. The number of ether oxygens (including phenoxy) is 1. The number of nitrogens with two attached hydrogens (primary N) is 1. The largest absolute Gasteiger partial charge is 0.484 e.